The Bertz CT molecular complexity index is 1040. The fourth-order valence-corrected chi connectivity index (χ4v) is 3.12. The Morgan fingerprint density at radius 1 is 0.846 bits per heavy atom. The zero-order valence-electron chi connectivity index (χ0n) is 14.0. The Labute approximate surface area is 160 Å². The summed E-state index contributed by atoms with van der Waals surface area (Å²) in [5.41, 5.74) is 4.78. The molecule has 0 fully saturated rings. The fraction of sp³-hybridized carbons (Fsp3) is 0. The molecule has 0 bridgehead atoms. The summed E-state index contributed by atoms with van der Waals surface area (Å²) in [6, 6.07) is 28.3. The molecule has 0 radical (unpaired) electrons. The number of aliphatic imine (C=N–C) groups is 1. The highest BCUT2D eigenvalue weighted by Gasteiger charge is 2.11. The molecule has 1 heterocycles. The molecule has 26 heavy (non-hydrogen) atoms. The molecular weight excluding hydrogens is 386 g/mol. The summed E-state index contributed by atoms with van der Waals surface area (Å²) in [5.74, 6) is 0. The van der Waals surface area contributed by atoms with E-state index in [4.69, 9.17) is 10.1 Å². The van der Waals surface area contributed by atoms with Crippen LogP contribution in [-0.4, -0.2) is 16.0 Å². The number of benzene rings is 3. The molecule has 4 heteroatoms. The molecule has 0 aliphatic rings. The topological polar surface area (TPSA) is 30.2 Å². The van der Waals surface area contributed by atoms with Gasteiger partial charge >= 0.3 is 0 Å². The van der Waals surface area contributed by atoms with Crippen LogP contribution in [0.3, 0.4) is 0 Å². The van der Waals surface area contributed by atoms with Crippen molar-refractivity contribution < 1.29 is 0 Å². The van der Waals surface area contributed by atoms with Crippen molar-refractivity contribution in [2.45, 2.75) is 0 Å². The van der Waals surface area contributed by atoms with Gasteiger partial charge in [0.25, 0.3) is 0 Å². The van der Waals surface area contributed by atoms with Crippen LogP contribution in [0.25, 0.3) is 16.9 Å². The number of aromatic nitrogens is 2. The summed E-state index contributed by atoms with van der Waals surface area (Å²) in [4.78, 5) is 4.71. The molecule has 0 atom stereocenters. The summed E-state index contributed by atoms with van der Waals surface area (Å²) in [6.45, 7) is 0. The number of hydrogen-bond acceptors (Lipinski definition) is 2. The molecule has 0 unspecified atom stereocenters. The normalized spacial score (nSPS) is 11.1. The summed E-state index contributed by atoms with van der Waals surface area (Å²) >= 11 is 3.50. The van der Waals surface area contributed by atoms with Gasteiger partial charge in [-0.25, -0.2) is 4.68 Å². The van der Waals surface area contributed by atoms with Gasteiger partial charge in [-0.05, 0) is 29.8 Å². The lowest BCUT2D eigenvalue weighted by Gasteiger charge is -2.00. The van der Waals surface area contributed by atoms with Crippen LogP contribution in [0, 0.1) is 0 Å². The van der Waals surface area contributed by atoms with E-state index in [1.165, 1.54) is 0 Å². The van der Waals surface area contributed by atoms with Crippen LogP contribution in [0.4, 0.5) is 5.69 Å². The largest absolute Gasteiger partial charge is 0.252 e. The zero-order valence-corrected chi connectivity index (χ0v) is 15.5. The molecule has 1 aromatic heterocycles. The van der Waals surface area contributed by atoms with Gasteiger partial charge < -0.3 is 0 Å². The molecule has 0 aliphatic heterocycles. The van der Waals surface area contributed by atoms with Gasteiger partial charge in [-0.15, -0.1) is 0 Å². The van der Waals surface area contributed by atoms with Crippen LogP contribution in [-0.2, 0) is 0 Å². The van der Waals surface area contributed by atoms with Crippen LogP contribution in [0.5, 0.6) is 0 Å². The molecule has 3 aromatic carbocycles. The van der Waals surface area contributed by atoms with Crippen LogP contribution in [0.15, 0.2) is 101 Å². The second-order valence-electron chi connectivity index (χ2n) is 5.82. The first-order valence-electron chi connectivity index (χ1n) is 8.30. The summed E-state index contributed by atoms with van der Waals surface area (Å²) in [5, 5.41) is 4.77. The number of halogens is 1. The van der Waals surface area contributed by atoms with Crippen molar-refractivity contribution in [1.29, 1.82) is 0 Å². The molecule has 0 aliphatic carbocycles. The third kappa shape index (κ3) is 3.65. The third-order valence-electron chi connectivity index (χ3n) is 3.96. The van der Waals surface area contributed by atoms with Crippen LogP contribution >= 0.6 is 15.9 Å². The van der Waals surface area contributed by atoms with Gasteiger partial charge in [0.2, 0.25) is 0 Å². The summed E-state index contributed by atoms with van der Waals surface area (Å²) in [6.07, 6.45) is 3.83. The predicted molar refractivity (Wildman–Crippen MR) is 110 cm³/mol. The maximum Gasteiger partial charge on any atom is 0.118 e. The Hall–Kier alpha value is -2.98. The van der Waals surface area contributed by atoms with Gasteiger partial charge in [-0.3, -0.25) is 4.99 Å². The van der Waals surface area contributed by atoms with Gasteiger partial charge in [0.05, 0.1) is 11.9 Å². The molecular formula is C22H16BrN3. The van der Waals surface area contributed by atoms with E-state index in [2.05, 4.69) is 28.1 Å². The Morgan fingerprint density at radius 2 is 1.58 bits per heavy atom. The minimum absolute atomic E-state index is 0.833. The summed E-state index contributed by atoms with van der Waals surface area (Å²) < 4.78 is 2.90. The first kappa shape index (κ1) is 16.5. The van der Waals surface area contributed by atoms with E-state index < -0.39 is 0 Å². The fourth-order valence-electron chi connectivity index (χ4n) is 2.70. The van der Waals surface area contributed by atoms with Gasteiger partial charge in [0.1, 0.15) is 11.4 Å². The molecule has 0 saturated heterocycles. The molecule has 3 nitrogen and oxygen atoms in total. The van der Waals surface area contributed by atoms with Crippen LogP contribution < -0.4 is 0 Å². The smallest absolute Gasteiger partial charge is 0.118 e. The third-order valence-corrected chi connectivity index (χ3v) is 4.46. The van der Waals surface area contributed by atoms with E-state index in [1.807, 2.05) is 89.9 Å². The molecule has 126 valence electrons. The van der Waals surface area contributed by atoms with E-state index in [0.717, 1.165) is 32.7 Å². The predicted octanol–water partition coefficient (Wildman–Crippen LogP) is 6.05. The van der Waals surface area contributed by atoms with Gasteiger partial charge in [-0.2, -0.15) is 5.10 Å². The van der Waals surface area contributed by atoms with Crippen molar-refractivity contribution in [3.05, 3.63) is 101 Å². The minimum atomic E-state index is 0.833. The lowest BCUT2D eigenvalue weighted by Crippen LogP contribution is -1.93. The Balaban J connectivity index is 1.78. The van der Waals surface area contributed by atoms with Crippen molar-refractivity contribution in [3.8, 4) is 16.9 Å². The molecule has 4 aromatic rings. The van der Waals surface area contributed by atoms with E-state index in [9.17, 15) is 0 Å². The first-order valence-corrected chi connectivity index (χ1v) is 9.09. The lowest BCUT2D eigenvalue weighted by atomic mass is 10.1. The van der Waals surface area contributed by atoms with Gasteiger partial charge in [0, 0.05) is 16.3 Å². The van der Waals surface area contributed by atoms with E-state index in [1.54, 1.807) is 0 Å². The molecule has 4 rings (SSSR count). The maximum absolute atomic E-state index is 4.77. The maximum atomic E-state index is 4.77. The standard InChI is InChI=1S/C22H16BrN3/c23-19-11-7-8-17(14-19)15-24-21-16-26(20-12-5-2-6-13-20)25-22(21)18-9-3-1-4-10-18/h1-16H. The highest BCUT2D eigenvalue weighted by molar-refractivity contribution is 9.10. The number of rotatable bonds is 4. The van der Waals surface area contributed by atoms with Crippen molar-refractivity contribution in [3.63, 3.8) is 0 Å². The van der Waals surface area contributed by atoms with Crippen LogP contribution in [0.2, 0.25) is 0 Å². The lowest BCUT2D eigenvalue weighted by molar-refractivity contribution is 0.884. The zero-order chi connectivity index (χ0) is 17.8. The molecule has 0 spiro atoms. The Kier molecular flexibility index (Phi) is 4.75. The number of hydrogen-bond donors (Lipinski definition) is 0. The second kappa shape index (κ2) is 7.50. The van der Waals surface area contributed by atoms with Gasteiger partial charge in [0.15, 0.2) is 0 Å². The SMILES string of the molecule is Brc1cccc(C=Nc2cn(-c3ccccc3)nc2-c2ccccc2)c1. The monoisotopic (exact) mass is 401 g/mol. The number of nitrogens with zero attached hydrogens (tertiary/aromatic N) is 3. The second-order valence-corrected chi connectivity index (χ2v) is 6.74. The van der Waals surface area contributed by atoms with E-state index in [0.29, 0.717) is 0 Å². The van der Waals surface area contributed by atoms with Crippen molar-refractivity contribution >= 4 is 27.8 Å². The Morgan fingerprint density at radius 3 is 2.31 bits per heavy atom. The van der Waals surface area contributed by atoms with Crippen molar-refractivity contribution in [1.82, 2.24) is 9.78 Å². The van der Waals surface area contributed by atoms with Crippen molar-refractivity contribution in [2.75, 3.05) is 0 Å². The van der Waals surface area contributed by atoms with E-state index >= 15 is 0 Å². The molecule has 0 amide bonds. The molecule has 0 saturated carbocycles. The van der Waals surface area contributed by atoms with Crippen molar-refractivity contribution in [2.24, 2.45) is 4.99 Å². The van der Waals surface area contributed by atoms with E-state index in [-0.39, 0.29) is 0 Å². The first-order chi connectivity index (χ1) is 12.8. The average Bonchev–Trinajstić information content (AvgIpc) is 3.12. The van der Waals surface area contributed by atoms with Crippen LogP contribution in [0.1, 0.15) is 5.56 Å². The highest BCUT2D eigenvalue weighted by Crippen LogP contribution is 2.30. The minimum Gasteiger partial charge on any atom is -0.252 e. The summed E-state index contributed by atoms with van der Waals surface area (Å²) in [7, 11) is 0. The number of para-hydroxylation sites is 1. The quantitative estimate of drug-likeness (QED) is 0.382. The molecule has 0 N–H and O–H groups in total. The average molecular weight is 402 g/mol. The highest BCUT2D eigenvalue weighted by atomic mass is 79.9. The van der Waals surface area contributed by atoms with Gasteiger partial charge in [-0.1, -0.05) is 76.6 Å².